The van der Waals surface area contributed by atoms with E-state index in [0.717, 1.165) is 0 Å². The molecule has 2 amide bonds. The number of amides is 2. The zero-order chi connectivity index (χ0) is 18.7. The van der Waals surface area contributed by atoms with Crippen LogP contribution in [0.2, 0.25) is 5.02 Å². The molecule has 6 nitrogen and oxygen atoms in total. The monoisotopic (exact) mass is 374 g/mol. The van der Waals surface area contributed by atoms with Gasteiger partial charge in [0.05, 0.1) is 13.2 Å². The molecule has 2 aromatic carbocycles. The van der Waals surface area contributed by atoms with Gasteiger partial charge in [-0.3, -0.25) is 9.59 Å². The molecule has 0 spiro atoms. The van der Waals surface area contributed by atoms with Crippen LogP contribution in [0.15, 0.2) is 42.5 Å². The summed E-state index contributed by atoms with van der Waals surface area (Å²) in [5.41, 5.74) is 0.453. The first-order valence-electron chi connectivity index (χ1n) is 8.20. The lowest BCUT2D eigenvalue weighted by atomic mass is 9.88. The van der Waals surface area contributed by atoms with Crippen LogP contribution in [0.1, 0.15) is 17.5 Å². The molecular weight excluding hydrogens is 356 g/mol. The van der Waals surface area contributed by atoms with E-state index in [-0.39, 0.29) is 6.54 Å². The minimum atomic E-state index is -1.28. The standard InChI is InChI=1S/C19H19ClN2O4/c1-12-14(20)6-4-7-15(12)22-18(24)17(23)21-11-19(25)9-10-26-16-8-3-2-5-13(16)19/h2-8,25H,9-11H2,1H3,(H,21,23)(H,22,24). The Balaban J connectivity index is 1.65. The lowest BCUT2D eigenvalue weighted by molar-refractivity contribution is -0.137. The first-order valence-corrected chi connectivity index (χ1v) is 8.57. The van der Waals surface area contributed by atoms with Gasteiger partial charge in [0.15, 0.2) is 0 Å². The Bertz CT molecular complexity index is 855. The fourth-order valence-electron chi connectivity index (χ4n) is 2.85. The molecule has 0 aliphatic carbocycles. The first kappa shape index (κ1) is 18.2. The number of hydrogen-bond acceptors (Lipinski definition) is 4. The van der Waals surface area contributed by atoms with Crippen LogP contribution in [-0.4, -0.2) is 30.1 Å². The molecule has 1 heterocycles. The molecule has 1 atom stereocenters. The van der Waals surface area contributed by atoms with E-state index in [2.05, 4.69) is 10.6 Å². The molecule has 0 saturated heterocycles. The van der Waals surface area contributed by atoms with Gasteiger partial charge in [-0.25, -0.2) is 0 Å². The van der Waals surface area contributed by atoms with Crippen molar-refractivity contribution in [1.82, 2.24) is 5.32 Å². The van der Waals surface area contributed by atoms with Crippen molar-refractivity contribution in [2.75, 3.05) is 18.5 Å². The lowest BCUT2D eigenvalue weighted by Gasteiger charge is -2.34. The Morgan fingerprint density at radius 1 is 1.19 bits per heavy atom. The molecule has 0 fully saturated rings. The van der Waals surface area contributed by atoms with Crippen LogP contribution in [0.4, 0.5) is 5.69 Å². The number of benzene rings is 2. The van der Waals surface area contributed by atoms with E-state index in [0.29, 0.717) is 40.6 Å². The van der Waals surface area contributed by atoms with Crippen molar-refractivity contribution >= 4 is 29.1 Å². The summed E-state index contributed by atoms with van der Waals surface area (Å²) in [5, 5.41) is 16.4. The molecule has 1 aliphatic rings. The van der Waals surface area contributed by atoms with Gasteiger partial charge in [-0.2, -0.15) is 0 Å². The van der Waals surface area contributed by atoms with Gasteiger partial charge in [0.1, 0.15) is 11.4 Å². The van der Waals surface area contributed by atoms with Crippen LogP contribution in [0.25, 0.3) is 0 Å². The number of carbonyl (C=O) groups is 2. The van der Waals surface area contributed by atoms with Gasteiger partial charge in [0.2, 0.25) is 0 Å². The molecule has 1 unspecified atom stereocenters. The van der Waals surface area contributed by atoms with Crippen molar-refractivity contribution in [3.05, 3.63) is 58.6 Å². The number of fused-ring (bicyclic) bond motifs is 1. The predicted molar refractivity (Wildman–Crippen MR) is 98.3 cm³/mol. The van der Waals surface area contributed by atoms with Gasteiger partial charge in [-0.05, 0) is 30.7 Å². The van der Waals surface area contributed by atoms with E-state index in [1.165, 1.54) is 0 Å². The van der Waals surface area contributed by atoms with Gasteiger partial charge in [0, 0.05) is 22.7 Å². The molecule has 2 aromatic rings. The maximum absolute atomic E-state index is 12.1. The van der Waals surface area contributed by atoms with Gasteiger partial charge >= 0.3 is 11.8 Å². The topological polar surface area (TPSA) is 87.7 Å². The van der Waals surface area contributed by atoms with E-state index in [9.17, 15) is 14.7 Å². The second kappa shape index (κ2) is 7.35. The average molecular weight is 375 g/mol. The molecule has 0 aromatic heterocycles. The van der Waals surface area contributed by atoms with Gasteiger partial charge in [-0.1, -0.05) is 35.9 Å². The number of ether oxygens (including phenoxy) is 1. The minimum absolute atomic E-state index is 0.0891. The SMILES string of the molecule is Cc1c(Cl)cccc1NC(=O)C(=O)NCC1(O)CCOc2ccccc21. The number of carbonyl (C=O) groups excluding carboxylic acids is 2. The zero-order valence-corrected chi connectivity index (χ0v) is 15.0. The Morgan fingerprint density at radius 2 is 1.96 bits per heavy atom. The van der Waals surface area contributed by atoms with E-state index in [1.807, 2.05) is 6.07 Å². The van der Waals surface area contributed by atoms with Crippen molar-refractivity contribution in [3.63, 3.8) is 0 Å². The molecule has 3 rings (SSSR count). The highest BCUT2D eigenvalue weighted by Crippen LogP contribution is 2.36. The number of para-hydroxylation sites is 1. The molecule has 3 N–H and O–H groups in total. The first-order chi connectivity index (χ1) is 12.4. The summed E-state index contributed by atoms with van der Waals surface area (Å²) >= 11 is 6.01. The number of hydrogen-bond donors (Lipinski definition) is 3. The third-order valence-corrected chi connectivity index (χ3v) is 4.83. The van der Waals surface area contributed by atoms with Crippen molar-refractivity contribution in [1.29, 1.82) is 0 Å². The summed E-state index contributed by atoms with van der Waals surface area (Å²) in [6.07, 6.45) is 0.319. The number of rotatable bonds is 3. The highest BCUT2D eigenvalue weighted by Gasteiger charge is 2.36. The Kier molecular flexibility index (Phi) is 5.15. The molecule has 0 bridgehead atoms. The van der Waals surface area contributed by atoms with Crippen molar-refractivity contribution < 1.29 is 19.4 Å². The summed E-state index contributed by atoms with van der Waals surface area (Å²) in [6.45, 7) is 1.99. The third-order valence-electron chi connectivity index (χ3n) is 4.43. The Hall–Kier alpha value is -2.57. The molecule has 26 heavy (non-hydrogen) atoms. The molecule has 7 heteroatoms. The zero-order valence-electron chi connectivity index (χ0n) is 14.2. The van der Waals surface area contributed by atoms with E-state index in [4.69, 9.17) is 16.3 Å². The van der Waals surface area contributed by atoms with E-state index in [1.54, 1.807) is 43.3 Å². The summed E-state index contributed by atoms with van der Waals surface area (Å²) in [5.74, 6) is -1.07. The fraction of sp³-hybridized carbons (Fsp3) is 0.263. The van der Waals surface area contributed by atoms with Crippen molar-refractivity contribution in [2.24, 2.45) is 0 Å². The number of anilines is 1. The number of nitrogens with one attached hydrogen (secondary N) is 2. The highest BCUT2D eigenvalue weighted by molar-refractivity contribution is 6.40. The molecule has 1 aliphatic heterocycles. The van der Waals surface area contributed by atoms with Gasteiger partial charge < -0.3 is 20.5 Å². The Labute approximate surface area is 156 Å². The minimum Gasteiger partial charge on any atom is -0.493 e. The van der Waals surface area contributed by atoms with Crippen molar-refractivity contribution in [3.8, 4) is 5.75 Å². The van der Waals surface area contributed by atoms with E-state index >= 15 is 0 Å². The third kappa shape index (κ3) is 3.66. The predicted octanol–water partition coefficient (Wildman–Crippen LogP) is 2.37. The molecule has 0 radical (unpaired) electrons. The van der Waals surface area contributed by atoms with Crippen molar-refractivity contribution in [2.45, 2.75) is 18.9 Å². The maximum Gasteiger partial charge on any atom is 0.313 e. The number of aliphatic hydroxyl groups is 1. The quantitative estimate of drug-likeness (QED) is 0.720. The normalized spacial score (nSPS) is 18.4. The van der Waals surface area contributed by atoms with Gasteiger partial charge in [-0.15, -0.1) is 0 Å². The van der Waals surface area contributed by atoms with Crippen LogP contribution >= 0.6 is 11.6 Å². The largest absolute Gasteiger partial charge is 0.493 e. The fourth-order valence-corrected chi connectivity index (χ4v) is 3.03. The van der Waals surface area contributed by atoms with Crippen LogP contribution in [0, 0.1) is 6.92 Å². The molecule has 136 valence electrons. The van der Waals surface area contributed by atoms with E-state index < -0.39 is 17.4 Å². The molecule has 0 saturated carbocycles. The second-order valence-corrected chi connectivity index (χ2v) is 6.58. The van der Waals surface area contributed by atoms with Crippen LogP contribution in [0.3, 0.4) is 0 Å². The summed E-state index contributed by atoms with van der Waals surface area (Å²) in [4.78, 5) is 24.3. The summed E-state index contributed by atoms with van der Waals surface area (Å²) < 4.78 is 5.51. The maximum atomic E-state index is 12.1. The van der Waals surface area contributed by atoms with Crippen LogP contribution < -0.4 is 15.4 Å². The average Bonchev–Trinajstić information content (AvgIpc) is 2.64. The van der Waals surface area contributed by atoms with Crippen LogP contribution in [-0.2, 0) is 15.2 Å². The smallest absolute Gasteiger partial charge is 0.313 e. The summed E-state index contributed by atoms with van der Waals surface area (Å²) in [6, 6.07) is 12.1. The number of halogens is 1. The molecular formula is C19H19ClN2O4. The van der Waals surface area contributed by atoms with Gasteiger partial charge in [0.25, 0.3) is 0 Å². The lowest BCUT2D eigenvalue weighted by Crippen LogP contribution is -2.46. The second-order valence-electron chi connectivity index (χ2n) is 6.18. The Morgan fingerprint density at radius 3 is 2.77 bits per heavy atom. The highest BCUT2D eigenvalue weighted by atomic mass is 35.5. The summed E-state index contributed by atoms with van der Waals surface area (Å²) in [7, 11) is 0. The van der Waals surface area contributed by atoms with Crippen LogP contribution in [0.5, 0.6) is 5.75 Å².